The minimum atomic E-state index is -1.49. The fraction of sp³-hybridized carbons (Fsp3) is 0.474. The molecule has 2 N–H and O–H groups in total. The van der Waals surface area contributed by atoms with Crippen LogP contribution >= 0.6 is 11.6 Å². The Labute approximate surface area is 151 Å². The Kier molecular flexibility index (Phi) is 5.57. The number of allylic oxidation sites excluding steroid dienone is 1. The molecule has 0 amide bonds. The Balaban J connectivity index is 2.72. The number of hydrogen-bond acceptors (Lipinski definition) is 2. The van der Waals surface area contributed by atoms with E-state index < -0.39 is 34.0 Å². The molecule has 3 atom stereocenters. The number of hydrogen-bond donors (Lipinski definition) is 2. The lowest BCUT2D eigenvalue weighted by Gasteiger charge is -2.44. The molecular formula is C19H22ClFO4. The zero-order valence-electron chi connectivity index (χ0n) is 14.3. The van der Waals surface area contributed by atoms with Gasteiger partial charge in [0.15, 0.2) is 0 Å². The molecule has 0 heterocycles. The first kappa shape index (κ1) is 19.4. The second-order valence-electron chi connectivity index (χ2n) is 6.85. The standard InChI is InChI=1S/C19H22ClFO4/c1-3-4-9-19(17(24)25)11-18(2,16(22)23)15(20)10-13(19)12-7-5-6-8-14(12)21/h5-8,10,15H,3-4,9,11H2,1-2H3,(H,22,23)(H,24,25). The second kappa shape index (κ2) is 7.16. The number of carboxylic acid groups (broad SMARTS) is 2. The number of carbonyl (C=O) groups is 2. The Morgan fingerprint density at radius 1 is 1.28 bits per heavy atom. The van der Waals surface area contributed by atoms with Crippen LogP contribution in [0.4, 0.5) is 4.39 Å². The summed E-state index contributed by atoms with van der Waals surface area (Å²) in [4.78, 5) is 24.1. The van der Waals surface area contributed by atoms with Gasteiger partial charge >= 0.3 is 11.9 Å². The maximum Gasteiger partial charge on any atom is 0.314 e. The van der Waals surface area contributed by atoms with Gasteiger partial charge in [0.05, 0.1) is 16.2 Å². The molecule has 0 saturated carbocycles. The topological polar surface area (TPSA) is 74.6 Å². The predicted octanol–water partition coefficient (Wildman–Crippen LogP) is 4.57. The van der Waals surface area contributed by atoms with Crippen LogP contribution in [0.5, 0.6) is 0 Å². The summed E-state index contributed by atoms with van der Waals surface area (Å²) in [6.45, 7) is 3.37. The molecule has 0 aromatic heterocycles. The van der Waals surface area contributed by atoms with Gasteiger partial charge < -0.3 is 10.2 Å². The van der Waals surface area contributed by atoms with Gasteiger partial charge in [0.25, 0.3) is 0 Å². The Morgan fingerprint density at radius 2 is 1.92 bits per heavy atom. The highest BCUT2D eigenvalue weighted by molar-refractivity contribution is 6.24. The van der Waals surface area contributed by atoms with Gasteiger partial charge in [-0.05, 0) is 31.4 Å². The highest BCUT2D eigenvalue weighted by Gasteiger charge is 2.56. The molecule has 136 valence electrons. The number of rotatable bonds is 6. The van der Waals surface area contributed by atoms with E-state index in [9.17, 15) is 24.2 Å². The van der Waals surface area contributed by atoms with Crippen LogP contribution in [-0.2, 0) is 9.59 Å². The first-order valence-electron chi connectivity index (χ1n) is 8.27. The van der Waals surface area contributed by atoms with Crippen molar-refractivity contribution in [2.75, 3.05) is 0 Å². The SMILES string of the molecule is CCCCC1(C(=O)O)CC(C)(C(=O)O)C(Cl)C=C1c1ccccc1F. The number of carboxylic acids is 2. The molecule has 0 radical (unpaired) electrons. The molecule has 25 heavy (non-hydrogen) atoms. The summed E-state index contributed by atoms with van der Waals surface area (Å²) in [5.41, 5.74) is -2.50. The lowest BCUT2D eigenvalue weighted by molar-refractivity contribution is -0.154. The number of aliphatic carboxylic acids is 2. The van der Waals surface area contributed by atoms with Crippen LogP contribution in [0.15, 0.2) is 30.3 Å². The van der Waals surface area contributed by atoms with Crippen molar-refractivity contribution in [3.8, 4) is 0 Å². The Morgan fingerprint density at radius 3 is 2.44 bits per heavy atom. The van der Waals surface area contributed by atoms with Crippen molar-refractivity contribution in [2.24, 2.45) is 10.8 Å². The van der Waals surface area contributed by atoms with Crippen molar-refractivity contribution in [1.82, 2.24) is 0 Å². The quantitative estimate of drug-likeness (QED) is 0.721. The number of halogens is 2. The van der Waals surface area contributed by atoms with Gasteiger partial charge in [-0.15, -0.1) is 11.6 Å². The summed E-state index contributed by atoms with van der Waals surface area (Å²) in [5.74, 6) is -2.84. The van der Waals surface area contributed by atoms with Gasteiger partial charge in [0.2, 0.25) is 0 Å². The zero-order chi connectivity index (χ0) is 18.8. The summed E-state index contributed by atoms with van der Waals surface area (Å²) in [5, 5.41) is 18.7. The minimum absolute atomic E-state index is 0.166. The normalized spacial score (nSPS) is 29.1. The molecule has 1 aromatic carbocycles. The van der Waals surface area contributed by atoms with Crippen LogP contribution in [0.2, 0.25) is 0 Å². The molecule has 0 spiro atoms. The number of benzene rings is 1. The number of alkyl halides is 1. The van der Waals surface area contributed by atoms with Crippen molar-refractivity contribution >= 4 is 29.1 Å². The summed E-state index contributed by atoms with van der Waals surface area (Å²) in [6, 6.07) is 5.92. The highest BCUT2D eigenvalue weighted by Crippen LogP contribution is 2.55. The highest BCUT2D eigenvalue weighted by atomic mass is 35.5. The number of unbranched alkanes of at least 4 members (excludes halogenated alkanes) is 1. The van der Waals surface area contributed by atoms with Crippen molar-refractivity contribution < 1.29 is 24.2 Å². The fourth-order valence-corrected chi connectivity index (χ4v) is 3.83. The molecule has 3 unspecified atom stereocenters. The van der Waals surface area contributed by atoms with E-state index in [-0.39, 0.29) is 24.0 Å². The van der Waals surface area contributed by atoms with Gasteiger partial charge in [0.1, 0.15) is 5.82 Å². The monoisotopic (exact) mass is 368 g/mol. The van der Waals surface area contributed by atoms with Crippen LogP contribution in [-0.4, -0.2) is 27.5 Å². The van der Waals surface area contributed by atoms with Crippen LogP contribution in [0.25, 0.3) is 5.57 Å². The van der Waals surface area contributed by atoms with E-state index in [1.807, 2.05) is 6.92 Å². The third-order valence-electron chi connectivity index (χ3n) is 5.13. The zero-order valence-corrected chi connectivity index (χ0v) is 15.0. The first-order valence-corrected chi connectivity index (χ1v) is 8.70. The largest absolute Gasteiger partial charge is 0.481 e. The molecule has 0 aliphatic heterocycles. The summed E-state index contributed by atoms with van der Waals surface area (Å²) < 4.78 is 14.4. The third kappa shape index (κ3) is 3.30. The van der Waals surface area contributed by atoms with E-state index in [1.165, 1.54) is 31.2 Å². The van der Waals surface area contributed by atoms with Crippen LogP contribution < -0.4 is 0 Å². The summed E-state index contributed by atoms with van der Waals surface area (Å²) >= 11 is 6.31. The maximum absolute atomic E-state index is 14.4. The third-order valence-corrected chi connectivity index (χ3v) is 5.73. The van der Waals surface area contributed by atoms with Crippen LogP contribution in [0, 0.1) is 16.6 Å². The van der Waals surface area contributed by atoms with Crippen molar-refractivity contribution in [1.29, 1.82) is 0 Å². The summed E-state index contributed by atoms with van der Waals surface area (Å²) in [7, 11) is 0. The lowest BCUT2D eigenvalue weighted by atomic mass is 9.59. The average Bonchev–Trinajstić information content (AvgIpc) is 2.56. The molecule has 0 fully saturated rings. The summed E-state index contributed by atoms with van der Waals surface area (Å²) in [6.07, 6.45) is 2.79. The van der Waals surface area contributed by atoms with Crippen molar-refractivity contribution in [2.45, 2.75) is 44.9 Å². The Hall–Kier alpha value is -1.88. The molecule has 1 aliphatic rings. The first-order chi connectivity index (χ1) is 11.7. The van der Waals surface area contributed by atoms with Crippen molar-refractivity contribution in [3.05, 3.63) is 41.7 Å². The molecule has 6 heteroatoms. The average molecular weight is 369 g/mol. The molecule has 0 saturated heterocycles. The van der Waals surface area contributed by atoms with Crippen molar-refractivity contribution in [3.63, 3.8) is 0 Å². The van der Waals surface area contributed by atoms with Crippen LogP contribution in [0.3, 0.4) is 0 Å². The fourth-order valence-electron chi connectivity index (χ4n) is 3.53. The Bertz CT molecular complexity index is 717. The maximum atomic E-state index is 14.4. The van der Waals surface area contributed by atoms with Gasteiger partial charge in [-0.2, -0.15) is 0 Å². The van der Waals surface area contributed by atoms with E-state index in [2.05, 4.69) is 0 Å². The van der Waals surface area contributed by atoms with E-state index in [0.29, 0.717) is 6.42 Å². The predicted molar refractivity (Wildman–Crippen MR) is 94.0 cm³/mol. The van der Waals surface area contributed by atoms with Gasteiger partial charge in [-0.1, -0.05) is 44.0 Å². The molecule has 0 bridgehead atoms. The van der Waals surface area contributed by atoms with Crippen LogP contribution in [0.1, 0.15) is 45.1 Å². The lowest BCUT2D eigenvalue weighted by Crippen LogP contribution is -2.48. The van der Waals surface area contributed by atoms with E-state index >= 15 is 0 Å². The van der Waals surface area contributed by atoms with E-state index in [1.54, 1.807) is 6.07 Å². The molecule has 2 rings (SSSR count). The molecule has 4 nitrogen and oxygen atoms in total. The van der Waals surface area contributed by atoms with Gasteiger partial charge in [-0.3, -0.25) is 9.59 Å². The smallest absolute Gasteiger partial charge is 0.314 e. The molecule has 1 aromatic rings. The van der Waals surface area contributed by atoms with Gasteiger partial charge in [-0.25, -0.2) is 4.39 Å². The molecule has 1 aliphatic carbocycles. The second-order valence-corrected chi connectivity index (χ2v) is 7.32. The molecular weight excluding hydrogens is 347 g/mol. The van der Waals surface area contributed by atoms with E-state index in [0.717, 1.165) is 6.42 Å². The van der Waals surface area contributed by atoms with Gasteiger partial charge in [0, 0.05) is 5.56 Å². The minimum Gasteiger partial charge on any atom is -0.481 e. The van der Waals surface area contributed by atoms with E-state index in [4.69, 9.17) is 11.6 Å².